The summed E-state index contributed by atoms with van der Waals surface area (Å²) in [7, 11) is 0. The summed E-state index contributed by atoms with van der Waals surface area (Å²) in [5, 5.41) is 8.11. The monoisotopic (exact) mass is 533 g/mol. The average molecular weight is 535 g/mol. The van der Waals surface area contributed by atoms with Crippen LogP contribution in [0.25, 0.3) is 21.7 Å². The van der Waals surface area contributed by atoms with Gasteiger partial charge in [0.15, 0.2) is 0 Å². The summed E-state index contributed by atoms with van der Waals surface area (Å²) in [6.07, 6.45) is 0. The molecule has 36 heavy (non-hydrogen) atoms. The molecule has 4 aromatic carbocycles. The van der Waals surface area contributed by atoms with Crippen LogP contribution in [0.15, 0.2) is 89.8 Å². The van der Waals surface area contributed by atoms with Gasteiger partial charge in [0.1, 0.15) is 17.9 Å². The Balaban J connectivity index is 1.22. The van der Waals surface area contributed by atoms with E-state index < -0.39 is 0 Å². The fourth-order valence-corrected chi connectivity index (χ4v) is 5.02. The largest absolute Gasteiger partial charge is 0.490 e. The van der Waals surface area contributed by atoms with E-state index in [4.69, 9.17) is 32.9 Å². The maximum atomic E-state index is 6.17. The number of nitrogens with one attached hydrogen (secondary N) is 2. The topological polar surface area (TPSA) is 46.2 Å². The van der Waals surface area contributed by atoms with Gasteiger partial charge in [-0.25, -0.2) is 4.98 Å². The average Bonchev–Trinajstić information content (AvgIpc) is 2.89. The standard InChI is InChI=1S/C29H25Cl2N3OS/c1-19-15-27(32-18-20-9-12-25(30)26(31)16-20)24-7-4-8-28(29(24)34-19)35-14-13-33-36-23-11-10-21-5-2-3-6-22(21)17-23/h2-12,15-17,33H,13-14,18H2,1H3,(H,32,34). The maximum absolute atomic E-state index is 6.17. The molecule has 0 amide bonds. The van der Waals surface area contributed by atoms with Gasteiger partial charge < -0.3 is 10.1 Å². The summed E-state index contributed by atoms with van der Waals surface area (Å²) in [5.74, 6) is 0.770. The van der Waals surface area contributed by atoms with Crippen molar-refractivity contribution >= 4 is 62.5 Å². The molecule has 5 aromatic rings. The van der Waals surface area contributed by atoms with Gasteiger partial charge in [0, 0.05) is 34.8 Å². The van der Waals surface area contributed by atoms with E-state index in [1.54, 1.807) is 11.9 Å². The van der Waals surface area contributed by atoms with Gasteiger partial charge in [-0.15, -0.1) is 0 Å². The van der Waals surface area contributed by atoms with Gasteiger partial charge in [-0.2, -0.15) is 0 Å². The first-order valence-corrected chi connectivity index (χ1v) is 13.2. The number of anilines is 1. The second kappa shape index (κ2) is 11.4. The normalized spacial score (nSPS) is 11.2. The zero-order valence-electron chi connectivity index (χ0n) is 19.7. The van der Waals surface area contributed by atoms with Gasteiger partial charge in [-0.05, 0) is 71.6 Å². The molecule has 1 heterocycles. The van der Waals surface area contributed by atoms with Gasteiger partial charge in [0.05, 0.1) is 10.0 Å². The van der Waals surface area contributed by atoms with Gasteiger partial charge in [-0.3, -0.25) is 4.72 Å². The Labute approximate surface area is 225 Å². The predicted octanol–water partition coefficient (Wildman–Crippen LogP) is 8.29. The number of halogens is 2. The minimum absolute atomic E-state index is 0.529. The molecule has 7 heteroatoms. The van der Waals surface area contributed by atoms with Crippen LogP contribution in [0.1, 0.15) is 11.3 Å². The highest BCUT2D eigenvalue weighted by Gasteiger charge is 2.10. The van der Waals surface area contributed by atoms with Crippen molar-refractivity contribution in [2.45, 2.75) is 18.4 Å². The van der Waals surface area contributed by atoms with Crippen LogP contribution in [0.2, 0.25) is 10.0 Å². The molecular formula is C29H25Cl2N3OS. The Bertz CT molecular complexity index is 1530. The molecule has 0 bridgehead atoms. The molecule has 0 saturated carbocycles. The highest BCUT2D eigenvalue weighted by molar-refractivity contribution is 7.97. The minimum Gasteiger partial charge on any atom is -0.490 e. The molecule has 0 aliphatic carbocycles. The maximum Gasteiger partial charge on any atom is 0.145 e. The molecule has 0 unspecified atom stereocenters. The predicted molar refractivity (Wildman–Crippen MR) is 154 cm³/mol. The van der Waals surface area contributed by atoms with Crippen LogP contribution < -0.4 is 14.8 Å². The van der Waals surface area contributed by atoms with Crippen LogP contribution in [0.4, 0.5) is 5.69 Å². The quantitative estimate of drug-likeness (QED) is 0.147. The van der Waals surface area contributed by atoms with Gasteiger partial charge >= 0.3 is 0 Å². The zero-order valence-corrected chi connectivity index (χ0v) is 22.1. The second-order valence-corrected chi connectivity index (χ2v) is 10.2. The first kappa shape index (κ1) is 24.7. The number of aromatic nitrogens is 1. The van der Waals surface area contributed by atoms with E-state index in [9.17, 15) is 0 Å². The summed E-state index contributed by atoms with van der Waals surface area (Å²) in [6.45, 7) is 3.84. The molecule has 1 aromatic heterocycles. The summed E-state index contributed by atoms with van der Waals surface area (Å²) in [6, 6.07) is 28.6. The number of hydrogen-bond acceptors (Lipinski definition) is 5. The third-order valence-corrected chi connectivity index (χ3v) is 7.35. The molecule has 0 aliphatic heterocycles. The number of nitrogens with zero attached hydrogens (tertiary/aromatic N) is 1. The summed E-state index contributed by atoms with van der Waals surface area (Å²) in [4.78, 5) is 5.94. The number of ether oxygens (including phenoxy) is 1. The van der Waals surface area contributed by atoms with Crippen molar-refractivity contribution in [3.8, 4) is 5.75 Å². The smallest absolute Gasteiger partial charge is 0.145 e. The number of para-hydroxylation sites is 1. The molecule has 182 valence electrons. The Hall–Kier alpha value is -2.96. The lowest BCUT2D eigenvalue weighted by molar-refractivity contribution is 0.327. The van der Waals surface area contributed by atoms with E-state index in [1.807, 2.05) is 43.3 Å². The lowest BCUT2D eigenvalue weighted by Gasteiger charge is -2.14. The molecule has 5 rings (SSSR count). The van der Waals surface area contributed by atoms with Crippen molar-refractivity contribution in [3.63, 3.8) is 0 Å². The molecule has 2 N–H and O–H groups in total. The summed E-state index contributed by atoms with van der Waals surface area (Å²) in [5.41, 5.74) is 3.81. The fraction of sp³-hybridized carbons (Fsp3) is 0.138. The molecule has 0 atom stereocenters. The van der Waals surface area contributed by atoms with Crippen molar-refractivity contribution in [1.82, 2.24) is 9.71 Å². The third-order valence-electron chi connectivity index (χ3n) is 5.77. The van der Waals surface area contributed by atoms with Gasteiger partial charge in [-0.1, -0.05) is 71.7 Å². The molecular weight excluding hydrogens is 509 g/mol. The Morgan fingerprint density at radius 1 is 0.861 bits per heavy atom. The molecule has 0 saturated heterocycles. The number of pyridine rings is 1. The molecule has 4 nitrogen and oxygen atoms in total. The number of rotatable bonds is 9. The molecule has 0 aliphatic rings. The van der Waals surface area contributed by atoms with E-state index in [-0.39, 0.29) is 0 Å². The second-order valence-electron chi connectivity index (χ2n) is 8.42. The van der Waals surface area contributed by atoms with Crippen molar-refractivity contribution in [1.29, 1.82) is 0 Å². The third kappa shape index (κ3) is 5.88. The first-order valence-electron chi connectivity index (χ1n) is 11.7. The fourth-order valence-electron chi connectivity index (χ4n) is 4.03. The van der Waals surface area contributed by atoms with Crippen LogP contribution in [-0.2, 0) is 6.54 Å². The summed E-state index contributed by atoms with van der Waals surface area (Å²) >= 11 is 13.8. The van der Waals surface area contributed by atoms with Crippen LogP contribution in [-0.4, -0.2) is 18.1 Å². The van der Waals surface area contributed by atoms with Crippen molar-refractivity contribution in [2.75, 3.05) is 18.5 Å². The number of benzene rings is 4. The highest BCUT2D eigenvalue weighted by Crippen LogP contribution is 2.31. The number of hydrogen-bond donors (Lipinski definition) is 2. The Kier molecular flexibility index (Phi) is 7.83. The lowest BCUT2D eigenvalue weighted by atomic mass is 10.1. The SMILES string of the molecule is Cc1cc(NCc2ccc(Cl)c(Cl)c2)c2cccc(OCCNSc3ccc4ccccc4c3)c2n1. The van der Waals surface area contributed by atoms with E-state index >= 15 is 0 Å². The van der Waals surface area contributed by atoms with Gasteiger partial charge in [0.25, 0.3) is 0 Å². The van der Waals surface area contributed by atoms with Crippen molar-refractivity contribution in [2.24, 2.45) is 0 Å². The van der Waals surface area contributed by atoms with Crippen LogP contribution >= 0.6 is 35.1 Å². The number of fused-ring (bicyclic) bond motifs is 2. The van der Waals surface area contributed by atoms with Crippen LogP contribution in [0.3, 0.4) is 0 Å². The molecule has 0 fully saturated rings. The number of aryl methyl sites for hydroxylation is 1. The molecule has 0 radical (unpaired) electrons. The van der Waals surface area contributed by atoms with E-state index in [2.05, 4.69) is 58.6 Å². The Morgan fingerprint density at radius 2 is 1.72 bits per heavy atom. The van der Waals surface area contributed by atoms with E-state index in [0.29, 0.717) is 29.7 Å². The highest BCUT2D eigenvalue weighted by atomic mass is 35.5. The Morgan fingerprint density at radius 3 is 2.58 bits per heavy atom. The first-order chi connectivity index (χ1) is 17.6. The summed E-state index contributed by atoms with van der Waals surface area (Å²) < 4.78 is 9.52. The van der Waals surface area contributed by atoms with Crippen molar-refractivity contribution < 1.29 is 4.74 Å². The minimum atomic E-state index is 0.529. The van der Waals surface area contributed by atoms with Gasteiger partial charge in [0.2, 0.25) is 0 Å². The zero-order chi connectivity index (χ0) is 24.9. The lowest BCUT2D eigenvalue weighted by Crippen LogP contribution is -2.14. The van der Waals surface area contributed by atoms with E-state index in [0.717, 1.165) is 33.6 Å². The molecule has 0 spiro atoms. The van der Waals surface area contributed by atoms with Crippen molar-refractivity contribution in [3.05, 3.63) is 106 Å². The van der Waals surface area contributed by atoms with Crippen LogP contribution in [0.5, 0.6) is 5.75 Å². The van der Waals surface area contributed by atoms with Crippen LogP contribution in [0, 0.1) is 6.92 Å². The van der Waals surface area contributed by atoms with E-state index in [1.165, 1.54) is 15.7 Å².